The van der Waals surface area contributed by atoms with Gasteiger partial charge < -0.3 is 5.32 Å². The van der Waals surface area contributed by atoms with Crippen LogP contribution in [0.25, 0.3) is 10.1 Å². The van der Waals surface area contributed by atoms with Crippen molar-refractivity contribution < 1.29 is 0 Å². The fourth-order valence-corrected chi connectivity index (χ4v) is 4.62. The van der Waals surface area contributed by atoms with Gasteiger partial charge in [0.15, 0.2) is 0 Å². The largest absolute Gasteiger partial charge is 0.309 e. The molecule has 4 heteroatoms. The molecule has 1 atom stereocenters. The predicted octanol–water partition coefficient (Wildman–Crippen LogP) is 5.69. The molecule has 0 aliphatic rings. The Morgan fingerprint density at radius 3 is 2.57 bits per heavy atom. The molecular formula is C17H16BrNS2. The topological polar surface area (TPSA) is 12.0 Å². The van der Waals surface area contributed by atoms with Gasteiger partial charge in [-0.05, 0) is 69.3 Å². The zero-order valence-electron chi connectivity index (χ0n) is 11.9. The molecule has 1 N–H and O–H groups in total. The van der Waals surface area contributed by atoms with E-state index in [-0.39, 0.29) is 6.04 Å². The predicted molar refractivity (Wildman–Crippen MR) is 98.7 cm³/mol. The summed E-state index contributed by atoms with van der Waals surface area (Å²) in [4.78, 5) is 1.30. The molecular weight excluding hydrogens is 362 g/mol. The lowest BCUT2D eigenvalue weighted by Crippen LogP contribution is -2.17. The van der Waals surface area contributed by atoms with Crippen LogP contribution in [0.4, 0.5) is 0 Å². The van der Waals surface area contributed by atoms with Gasteiger partial charge in [0, 0.05) is 14.1 Å². The van der Waals surface area contributed by atoms with E-state index >= 15 is 0 Å². The van der Waals surface area contributed by atoms with Gasteiger partial charge >= 0.3 is 0 Å². The van der Waals surface area contributed by atoms with E-state index in [1.807, 2.05) is 7.05 Å². The van der Waals surface area contributed by atoms with Crippen LogP contribution in [-0.2, 0) is 0 Å². The molecule has 0 aliphatic heterocycles. The van der Waals surface area contributed by atoms with Crippen LogP contribution < -0.4 is 5.32 Å². The summed E-state index contributed by atoms with van der Waals surface area (Å²) in [6, 6.07) is 15.4. The summed E-state index contributed by atoms with van der Waals surface area (Å²) in [5.41, 5.74) is 2.64. The Kier molecular flexibility index (Phi) is 4.69. The van der Waals surface area contributed by atoms with Gasteiger partial charge in [0.2, 0.25) is 0 Å². The maximum absolute atomic E-state index is 3.64. The van der Waals surface area contributed by atoms with Crippen molar-refractivity contribution in [2.75, 3.05) is 13.3 Å². The van der Waals surface area contributed by atoms with Crippen LogP contribution in [0, 0.1) is 0 Å². The number of halogens is 1. The van der Waals surface area contributed by atoms with Gasteiger partial charge in [0.05, 0.1) is 6.04 Å². The molecule has 3 aromatic rings. The molecule has 1 nitrogen and oxygen atoms in total. The van der Waals surface area contributed by atoms with Crippen molar-refractivity contribution in [3.8, 4) is 0 Å². The molecule has 2 aromatic carbocycles. The van der Waals surface area contributed by atoms with Crippen molar-refractivity contribution >= 4 is 49.1 Å². The van der Waals surface area contributed by atoms with Gasteiger partial charge in [-0.25, -0.2) is 0 Å². The van der Waals surface area contributed by atoms with E-state index in [4.69, 9.17) is 0 Å². The third kappa shape index (κ3) is 2.90. The summed E-state index contributed by atoms with van der Waals surface area (Å²) in [6.45, 7) is 0. The lowest BCUT2D eigenvalue weighted by atomic mass is 9.98. The SMILES string of the molecule is CNC(c1ccc(SC)cc1)c1csc2c(Br)cccc12. The zero-order chi connectivity index (χ0) is 14.8. The Labute approximate surface area is 141 Å². The van der Waals surface area contributed by atoms with Crippen LogP contribution in [0.2, 0.25) is 0 Å². The van der Waals surface area contributed by atoms with Crippen molar-refractivity contribution in [3.63, 3.8) is 0 Å². The molecule has 0 radical (unpaired) electrons. The second-order valence-corrected chi connectivity index (χ2v) is 7.42. The quantitative estimate of drug-likeness (QED) is 0.585. The van der Waals surface area contributed by atoms with E-state index < -0.39 is 0 Å². The number of thiophene rings is 1. The molecule has 21 heavy (non-hydrogen) atoms. The average Bonchev–Trinajstić information content (AvgIpc) is 2.94. The van der Waals surface area contributed by atoms with Crippen LogP contribution in [0.5, 0.6) is 0 Å². The molecule has 108 valence electrons. The number of hydrogen-bond acceptors (Lipinski definition) is 3. The summed E-state index contributed by atoms with van der Waals surface area (Å²) in [5.74, 6) is 0. The summed E-state index contributed by atoms with van der Waals surface area (Å²) in [7, 11) is 2.02. The van der Waals surface area contributed by atoms with E-state index in [2.05, 4.69) is 75.3 Å². The molecule has 0 fully saturated rings. The number of thioether (sulfide) groups is 1. The Morgan fingerprint density at radius 1 is 1.14 bits per heavy atom. The fraction of sp³-hybridized carbons (Fsp3) is 0.176. The highest BCUT2D eigenvalue weighted by Crippen LogP contribution is 2.37. The number of fused-ring (bicyclic) bond motifs is 1. The third-order valence-electron chi connectivity index (χ3n) is 3.63. The summed E-state index contributed by atoms with van der Waals surface area (Å²) in [5, 5.41) is 7.04. The average molecular weight is 378 g/mol. The maximum Gasteiger partial charge on any atom is 0.0588 e. The molecule has 0 amide bonds. The first-order chi connectivity index (χ1) is 10.2. The number of benzene rings is 2. The number of rotatable bonds is 4. The Bertz CT molecular complexity index is 749. The van der Waals surface area contributed by atoms with Crippen molar-refractivity contribution in [3.05, 3.63) is 63.4 Å². The minimum Gasteiger partial charge on any atom is -0.309 e. The molecule has 0 bridgehead atoms. The lowest BCUT2D eigenvalue weighted by Gasteiger charge is -2.17. The van der Waals surface area contributed by atoms with Crippen LogP contribution in [0.15, 0.2) is 57.2 Å². The van der Waals surface area contributed by atoms with Crippen LogP contribution in [0.1, 0.15) is 17.2 Å². The Hall–Kier alpha value is -0.810. The van der Waals surface area contributed by atoms with Gasteiger partial charge in [-0.15, -0.1) is 23.1 Å². The third-order valence-corrected chi connectivity index (χ3v) is 6.34. The standard InChI is InChI=1S/C17H16BrNS2/c1-19-16(11-6-8-12(20-2)9-7-11)14-10-21-17-13(14)4-3-5-15(17)18/h3-10,16,19H,1-2H3. The molecule has 1 unspecified atom stereocenters. The van der Waals surface area contributed by atoms with Gasteiger partial charge in [0.1, 0.15) is 0 Å². The van der Waals surface area contributed by atoms with Crippen LogP contribution in [-0.4, -0.2) is 13.3 Å². The molecule has 0 saturated carbocycles. The minimum absolute atomic E-state index is 0.226. The van der Waals surface area contributed by atoms with E-state index in [9.17, 15) is 0 Å². The highest BCUT2D eigenvalue weighted by molar-refractivity contribution is 9.10. The molecule has 0 aliphatic carbocycles. The number of hydrogen-bond donors (Lipinski definition) is 1. The molecule has 1 heterocycles. The first-order valence-corrected chi connectivity index (χ1v) is 9.61. The monoisotopic (exact) mass is 377 g/mol. The van der Waals surface area contributed by atoms with E-state index in [0.29, 0.717) is 0 Å². The normalized spacial score (nSPS) is 12.7. The Balaban J connectivity index is 2.07. The van der Waals surface area contributed by atoms with Crippen molar-refractivity contribution in [2.24, 2.45) is 0 Å². The smallest absolute Gasteiger partial charge is 0.0588 e. The highest BCUT2D eigenvalue weighted by atomic mass is 79.9. The van der Waals surface area contributed by atoms with Crippen molar-refractivity contribution in [2.45, 2.75) is 10.9 Å². The minimum atomic E-state index is 0.226. The summed E-state index contributed by atoms with van der Waals surface area (Å²) in [6.07, 6.45) is 2.11. The molecule has 0 saturated heterocycles. The first kappa shape index (κ1) is 15.1. The molecule has 3 rings (SSSR count). The second kappa shape index (κ2) is 6.53. The van der Waals surface area contributed by atoms with Gasteiger partial charge in [-0.3, -0.25) is 0 Å². The van der Waals surface area contributed by atoms with Crippen LogP contribution >= 0.6 is 39.0 Å². The van der Waals surface area contributed by atoms with Gasteiger partial charge in [-0.2, -0.15) is 0 Å². The van der Waals surface area contributed by atoms with Crippen molar-refractivity contribution in [1.82, 2.24) is 5.32 Å². The summed E-state index contributed by atoms with van der Waals surface area (Å²) < 4.78 is 2.48. The zero-order valence-corrected chi connectivity index (χ0v) is 15.1. The van der Waals surface area contributed by atoms with Gasteiger partial charge in [0.25, 0.3) is 0 Å². The Morgan fingerprint density at radius 2 is 1.90 bits per heavy atom. The van der Waals surface area contributed by atoms with Crippen LogP contribution in [0.3, 0.4) is 0 Å². The van der Waals surface area contributed by atoms with E-state index in [0.717, 1.165) is 0 Å². The molecule has 0 spiro atoms. The van der Waals surface area contributed by atoms with E-state index in [1.165, 1.54) is 30.6 Å². The summed E-state index contributed by atoms with van der Waals surface area (Å²) >= 11 is 7.21. The molecule has 1 aromatic heterocycles. The van der Waals surface area contributed by atoms with Crippen molar-refractivity contribution in [1.29, 1.82) is 0 Å². The van der Waals surface area contributed by atoms with E-state index in [1.54, 1.807) is 23.1 Å². The first-order valence-electron chi connectivity index (χ1n) is 6.71. The lowest BCUT2D eigenvalue weighted by molar-refractivity contribution is 0.698. The second-order valence-electron chi connectivity index (χ2n) is 4.80. The highest BCUT2D eigenvalue weighted by Gasteiger charge is 2.17. The maximum atomic E-state index is 3.64. The number of nitrogens with one attached hydrogen (secondary N) is 1. The van der Waals surface area contributed by atoms with Gasteiger partial charge in [-0.1, -0.05) is 24.3 Å². The fourth-order valence-electron chi connectivity index (χ4n) is 2.56.